The van der Waals surface area contributed by atoms with E-state index in [9.17, 15) is 5.11 Å². The van der Waals surface area contributed by atoms with Gasteiger partial charge >= 0.3 is 0 Å². The minimum absolute atomic E-state index is 0.142. The standard InChI is InChI=1S/C12H19NO2/c1-9(10-5-6-15-7-10)13-12(2,8-14)11-3-4-11/h5-7,9,11,13-14H,3-4,8H2,1-2H3. The van der Waals surface area contributed by atoms with Crippen LogP contribution in [0.4, 0.5) is 0 Å². The molecule has 3 nitrogen and oxygen atoms in total. The van der Waals surface area contributed by atoms with Crippen LogP contribution in [0.3, 0.4) is 0 Å². The average Bonchev–Trinajstić information content (AvgIpc) is 2.94. The molecule has 0 spiro atoms. The summed E-state index contributed by atoms with van der Waals surface area (Å²) in [6.07, 6.45) is 5.88. The monoisotopic (exact) mass is 209 g/mol. The molecular weight excluding hydrogens is 190 g/mol. The van der Waals surface area contributed by atoms with Gasteiger partial charge in [0.2, 0.25) is 0 Å². The fraction of sp³-hybridized carbons (Fsp3) is 0.667. The lowest BCUT2D eigenvalue weighted by molar-refractivity contribution is 0.144. The first kappa shape index (κ1) is 10.7. The molecule has 1 aromatic rings. The molecule has 1 aliphatic carbocycles. The molecule has 1 aliphatic rings. The fourth-order valence-electron chi connectivity index (χ4n) is 2.11. The molecule has 15 heavy (non-hydrogen) atoms. The van der Waals surface area contributed by atoms with Gasteiger partial charge in [-0.3, -0.25) is 0 Å². The third kappa shape index (κ3) is 2.24. The van der Waals surface area contributed by atoms with E-state index < -0.39 is 0 Å². The zero-order valence-electron chi connectivity index (χ0n) is 9.36. The number of nitrogens with one attached hydrogen (secondary N) is 1. The van der Waals surface area contributed by atoms with E-state index in [0.717, 1.165) is 5.56 Å². The molecule has 2 rings (SSSR count). The van der Waals surface area contributed by atoms with Crippen LogP contribution in [-0.2, 0) is 0 Å². The molecular formula is C12H19NO2. The van der Waals surface area contributed by atoms with Gasteiger partial charge in [0.25, 0.3) is 0 Å². The van der Waals surface area contributed by atoms with Crippen LogP contribution in [0.5, 0.6) is 0 Å². The average molecular weight is 209 g/mol. The molecule has 2 atom stereocenters. The van der Waals surface area contributed by atoms with Crippen molar-refractivity contribution in [3.63, 3.8) is 0 Å². The van der Waals surface area contributed by atoms with E-state index in [0.29, 0.717) is 5.92 Å². The van der Waals surface area contributed by atoms with Gasteiger partial charge < -0.3 is 14.8 Å². The number of aliphatic hydroxyl groups is 1. The molecule has 0 bridgehead atoms. The van der Waals surface area contributed by atoms with Crippen LogP contribution < -0.4 is 5.32 Å². The lowest BCUT2D eigenvalue weighted by Crippen LogP contribution is -2.48. The summed E-state index contributed by atoms with van der Waals surface area (Å²) in [6.45, 7) is 4.39. The van der Waals surface area contributed by atoms with Gasteiger partial charge in [-0.25, -0.2) is 0 Å². The topological polar surface area (TPSA) is 45.4 Å². The highest BCUT2D eigenvalue weighted by atomic mass is 16.3. The van der Waals surface area contributed by atoms with Crippen molar-refractivity contribution in [2.75, 3.05) is 6.61 Å². The third-order valence-electron chi connectivity index (χ3n) is 3.40. The van der Waals surface area contributed by atoms with Gasteiger partial charge in [0.05, 0.1) is 19.1 Å². The van der Waals surface area contributed by atoms with Crippen LogP contribution in [0.2, 0.25) is 0 Å². The minimum Gasteiger partial charge on any atom is -0.472 e. The molecule has 2 N–H and O–H groups in total. The third-order valence-corrected chi connectivity index (χ3v) is 3.40. The maximum absolute atomic E-state index is 9.46. The van der Waals surface area contributed by atoms with Crippen LogP contribution in [-0.4, -0.2) is 17.3 Å². The van der Waals surface area contributed by atoms with Crippen molar-refractivity contribution in [3.8, 4) is 0 Å². The van der Waals surface area contributed by atoms with Gasteiger partial charge in [-0.05, 0) is 38.7 Å². The molecule has 1 aromatic heterocycles. The van der Waals surface area contributed by atoms with E-state index in [2.05, 4.69) is 19.2 Å². The first-order valence-corrected chi connectivity index (χ1v) is 5.56. The van der Waals surface area contributed by atoms with Crippen LogP contribution >= 0.6 is 0 Å². The predicted molar refractivity (Wildman–Crippen MR) is 58.5 cm³/mol. The maximum Gasteiger partial charge on any atom is 0.0950 e. The van der Waals surface area contributed by atoms with Crippen LogP contribution in [0, 0.1) is 5.92 Å². The molecule has 0 amide bonds. The predicted octanol–water partition coefficient (Wildman–Crippen LogP) is 2.09. The smallest absolute Gasteiger partial charge is 0.0950 e. The van der Waals surface area contributed by atoms with Gasteiger partial charge in [-0.2, -0.15) is 0 Å². The molecule has 1 saturated carbocycles. The molecule has 3 heteroatoms. The molecule has 1 heterocycles. The van der Waals surface area contributed by atoms with Gasteiger partial charge in [0.1, 0.15) is 0 Å². The van der Waals surface area contributed by atoms with Crippen molar-refractivity contribution >= 4 is 0 Å². The van der Waals surface area contributed by atoms with Crippen molar-refractivity contribution in [3.05, 3.63) is 24.2 Å². The van der Waals surface area contributed by atoms with E-state index in [4.69, 9.17) is 4.42 Å². The molecule has 1 fully saturated rings. The molecule has 2 unspecified atom stereocenters. The van der Waals surface area contributed by atoms with Gasteiger partial charge in [-0.1, -0.05) is 0 Å². The number of furan rings is 1. The van der Waals surface area contributed by atoms with Crippen molar-refractivity contribution in [1.82, 2.24) is 5.32 Å². The Labute approximate surface area is 90.5 Å². The Bertz CT molecular complexity index is 305. The molecule has 0 aliphatic heterocycles. The number of hydrogen-bond donors (Lipinski definition) is 2. The SMILES string of the molecule is CC(NC(C)(CO)C1CC1)c1ccoc1. The summed E-state index contributed by atoms with van der Waals surface area (Å²) in [7, 11) is 0. The van der Waals surface area contributed by atoms with Crippen LogP contribution in [0.25, 0.3) is 0 Å². The zero-order valence-corrected chi connectivity index (χ0v) is 9.36. The zero-order chi connectivity index (χ0) is 10.9. The van der Waals surface area contributed by atoms with Crippen LogP contribution in [0.1, 0.15) is 38.3 Å². The Balaban J connectivity index is 2.00. The van der Waals surface area contributed by atoms with Gasteiger partial charge in [-0.15, -0.1) is 0 Å². The van der Waals surface area contributed by atoms with Crippen LogP contribution in [0.15, 0.2) is 23.0 Å². The highest BCUT2D eigenvalue weighted by Gasteiger charge is 2.41. The maximum atomic E-state index is 9.46. The minimum atomic E-state index is -0.142. The quantitative estimate of drug-likeness (QED) is 0.780. The number of hydrogen-bond acceptors (Lipinski definition) is 3. The summed E-state index contributed by atoms with van der Waals surface area (Å²) in [5, 5.41) is 13.0. The summed E-state index contributed by atoms with van der Waals surface area (Å²) in [5.41, 5.74) is 0.992. The Morgan fingerprint density at radius 1 is 1.67 bits per heavy atom. The Morgan fingerprint density at radius 2 is 2.40 bits per heavy atom. The molecule has 84 valence electrons. The second-order valence-corrected chi connectivity index (χ2v) is 4.77. The highest BCUT2D eigenvalue weighted by Crippen LogP contribution is 2.40. The molecule has 0 radical (unpaired) electrons. The van der Waals surface area contributed by atoms with Gasteiger partial charge in [0, 0.05) is 17.1 Å². The summed E-state index contributed by atoms with van der Waals surface area (Å²) >= 11 is 0. The van der Waals surface area contributed by atoms with E-state index in [1.807, 2.05) is 6.07 Å². The second-order valence-electron chi connectivity index (χ2n) is 4.77. The second kappa shape index (κ2) is 3.99. The van der Waals surface area contributed by atoms with E-state index in [1.165, 1.54) is 12.8 Å². The van der Waals surface area contributed by atoms with Crippen molar-refractivity contribution in [1.29, 1.82) is 0 Å². The lowest BCUT2D eigenvalue weighted by atomic mass is 9.95. The summed E-state index contributed by atoms with van der Waals surface area (Å²) in [5.74, 6) is 0.622. The highest BCUT2D eigenvalue weighted by molar-refractivity contribution is 5.12. The van der Waals surface area contributed by atoms with E-state index in [1.54, 1.807) is 12.5 Å². The lowest BCUT2D eigenvalue weighted by Gasteiger charge is -2.32. The fourth-order valence-corrected chi connectivity index (χ4v) is 2.11. The molecule has 0 saturated heterocycles. The Hall–Kier alpha value is -0.800. The first-order valence-electron chi connectivity index (χ1n) is 5.56. The summed E-state index contributed by atoms with van der Waals surface area (Å²) in [4.78, 5) is 0. The normalized spacial score (nSPS) is 22.3. The number of rotatable bonds is 5. The van der Waals surface area contributed by atoms with Crippen molar-refractivity contribution < 1.29 is 9.52 Å². The molecule has 0 aromatic carbocycles. The number of aliphatic hydroxyl groups excluding tert-OH is 1. The Kier molecular flexibility index (Phi) is 2.85. The largest absolute Gasteiger partial charge is 0.472 e. The summed E-state index contributed by atoms with van der Waals surface area (Å²) < 4.78 is 5.06. The first-order chi connectivity index (χ1) is 7.15. The van der Waals surface area contributed by atoms with Crippen molar-refractivity contribution in [2.45, 2.75) is 38.3 Å². The summed E-state index contributed by atoms with van der Waals surface area (Å²) in [6, 6.07) is 2.18. The van der Waals surface area contributed by atoms with Crippen molar-refractivity contribution in [2.24, 2.45) is 5.92 Å². The van der Waals surface area contributed by atoms with E-state index in [-0.39, 0.29) is 18.2 Å². The van der Waals surface area contributed by atoms with Gasteiger partial charge in [0.15, 0.2) is 0 Å². The van der Waals surface area contributed by atoms with E-state index >= 15 is 0 Å². The Morgan fingerprint density at radius 3 is 2.87 bits per heavy atom.